The van der Waals surface area contributed by atoms with Crippen LogP contribution in [0.4, 0.5) is 0 Å². The Labute approximate surface area is 96.3 Å². The van der Waals surface area contributed by atoms with E-state index in [-0.39, 0.29) is 5.97 Å². The van der Waals surface area contributed by atoms with E-state index in [9.17, 15) is 4.79 Å². The van der Waals surface area contributed by atoms with E-state index < -0.39 is 0 Å². The standard InChI is InChI=1S/C11H21NO2S/c1-3-12-9-5-6-10(7-9)15-8-11(13)14-4-2/h9-10,12H,3-8H2,1-2H3. The molecule has 2 unspecified atom stereocenters. The van der Waals surface area contributed by atoms with Gasteiger partial charge in [-0.15, -0.1) is 11.8 Å². The summed E-state index contributed by atoms with van der Waals surface area (Å²) < 4.78 is 4.90. The lowest BCUT2D eigenvalue weighted by Crippen LogP contribution is -2.26. The molecule has 4 heteroatoms. The number of ether oxygens (including phenoxy) is 1. The maximum atomic E-state index is 11.1. The van der Waals surface area contributed by atoms with Gasteiger partial charge in [0.05, 0.1) is 12.4 Å². The zero-order valence-electron chi connectivity index (χ0n) is 9.62. The first-order valence-electron chi connectivity index (χ1n) is 5.76. The molecule has 0 aliphatic heterocycles. The molecule has 0 spiro atoms. The van der Waals surface area contributed by atoms with Gasteiger partial charge in [-0.05, 0) is 32.7 Å². The van der Waals surface area contributed by atoms with Gasteiger partial charge in [0.15, 0.2) is 0 Å². The number of hydrogen-bond donors (Lipinski definition) is 1. The molecule has 0 radical (unpaired) electrons. The molecule has 0 aromatic heterocycles. The Morgan fingerprint density at radius 1 is 1.47 bits per heavy atom. The second kappa shape index (κ2) is 7.12. The molecule has 0 amide bonds. The molecule has 1 rings (SSSR count). The van der Waals surface area contributed by atoms with Crippen LogP contribution in [0, 0.1) is 0 Å². The molecule has 1 aliphatic carbocycles. The van der Waals surface area contributed by atoms with Gasteiger partial charge in [-0.25, -0.2) is 0 Å². The normalized spacial score (nSPS) is 25.5. The van der Waals surface area contributed by atoms with E-state index in [2.05, 4.69) is 12.2 Å². The Morgan fingerprint density at radius 2 is 2.27 bits per heavy atom. The predicted molar refractivity (Wildman–Crippen MR) is 64.2 cm³/mol. The smallest absolute Gasteiger partial charge is 0.315 e. The highest BCUT2D eigenvalue weighted by Crippen LogP contribution is 2.29. The molecule has 1 fully saturated rings. The summed E-state index contributed by atoms with van der Waals surface area (Å²) in [5.74, 6) is 0.437. The van der Waals surface area contributed by atoms with Crippen LogP contribution in [0.2, 0.25) is 0 Å². The fraction of sp³-hybridized carbons (Fsp3) is 0.909. The fourth-order valence-corrected chi connectivity index (χ4v) is 3.08. The minimum atomic E-state index is -0.0746. The van der Waals surface area contributed by atoms with Crippen molar-refractivity contribution in [3.63, 3.8) is 0 Å². The number of rotatable bonds is 6. The number of esters is 1. The summed E-state index contributed by atoms with van der Waals surface area (Å²) >= 11 is 1.75. The van der Waals surface area contributed by atoms with Crippen molar-refractivity contribution in [2.24, 2.45) is 0 Å². The highest BCUT2D eigenvalue weighted by atomic mass is 32.2. The average Bonchev–Trinajstić information content (AvgIpc) is 2.64. The van der Waals surface area contributed by atoms with E-state index in [1.54, 1.807) is 11.8 Å². The lowest BCUT2D eigenvalue weighted by Gasteiger charge is -2.11. The third-order valence-corrected chi connectivity index (χ3v) is 3.92. The Hall–Kier alpha value is -0.220. The highest BCUT2D eigenvalue weighted by Gasteiger charge is 2.24. The van der Waals surface area contributed by atoms with Crippen LogP contribution in [0.5, 0.6) is 0 Å². The predicted octanol–water partition coefficient (Wildman–Crippen LogP) is 1.81. The summed E-state index contributed by atoms with van der Waals surface area (Å²) in [7, 11) is 0. The average molecular weight is 231 g/mol. The molecule has 1 aliphatic rings. The minimum absolute atomic E-state index is 0.0746. The van der Waals surface area contributed by atoms with Gasteiger partial charge in [0.25, 0.3) is 0 Å². The van der Waals surface area contributed by atoms with E-state index in [0.717, 1.165) is 6.54 Å². The maximum Gasteiger partial charge on any atom is 0.315 e. The van der Waals surface area contributed by atoms with Crippen molar-refractivity contribution in [1.29, 1.82) is 0 Å². The summed E-state index contributed by atoms with van der Waals surface area (Å²) in [5.41, 5.74) is 0. The molecule has 1 saturated carbocycles. The monoisotopic (exact) mass is 231 g/mol. The van der Waals surface area contributed by atoms with Crippen LogP contribution in [0.1, 0.15) is 33.1 Å². The molecule has 0 heterocycles. The Kier molecular flexibility index (Phi) is 6.10. The van der Waals surface area contributed by atoms with Crippen molar-refractivity contribution in [2.45, 2.75) is 44.4 Å². The van der Waals surface area contributed by atoms with E-state index in [0.29, 0.717) is 23.7 Å². The first kappa shape index (κ1) is 12.8. The van der Waals surface area contributed by atoms with E-state index in [4.69, 9.17) is 4.74 Å². The maximum absolute atomic E-state index is 11.1. The fourth-order valence-electron chi connectivity index (χ4n) is 1.95. The first-order chi connectivity index (χ1) is 7.26. The third kappa shape index (κ3) is 4.89. The van der Waals surface area contributed by atoms with Gasteiger partial charge in [0.1, 0.15) is 0 Å². The van der Waals surface area contributed by atoms with Crippen molar-refractivity contribution >= 4 is 17.7 Å². The second-order valence-electron chi connectivity index (χ2n) is 3.81. The van der Waals surface area contributed by atoms with E-state index in [1.807, 2.05) is 6.92 Å². The number of nitrogens with one attached hydrogen (secondary N) is 1. The van der Waals surface area contributed by atoms with Crippen LogP contribution in [0.25, 0.3) is 0 Å². The summed E-state index contributed by atoms with van der Waals surface area (Å²) in [4.78, 5) is 11.1. The lowest BCUT2D eigenvalue weighted by atomic mass is 10.2. The summed E-state index contributed by atoms with van der Waals surface area (Å²) in [6.07, 6.45) is 3.66. The molecule has 88 valence electrons. The number of thioether (sulfide) groups is 1. The van der Waals surface area contributed by atoms with Gasteiger partial charge >= 0.3 is 5.97 Å². The van der Waals surface area contributed by atoms with Crippen LogP contribution >= 0.6 is 11.8 Å². The van der Waals surface area contributed by atoms with Gasteiger partial charge in [0, 0.05) is 11.3 Å². The number of hydrogen-bond acceptors (Lipinski definition) is 4. The zero-order valence-corrected chi connectivity index (χ0v) is 10.4. The molecule has 0 aromatic carbocycles. The molecule has 0 bridgehead atoms. The van der Waals surface area contributed by atoms with Crippen molar-refractivity contribution in [3.8, 4) is 0 Å². The summed E-state index contributed by atoms with van der Waals surface area (Å²) in [6.45, 7) is 5.52. The van der Waals surface area contributed by atoms with Crippen LogP contribution in [0.3, 0.4) is 0 Å². The van der Waals surface area contributed by atoms with Gasteiger partial charge in [-0.2, -0.15) is 0 Å². The van der Waals surface area contributed by atoms with Crippen LogP contribution in [-0.2, 0) is 9.53 Å². The molecule has 1 N–H and O–H groups in total. The number of carbonyl (C=O) groups excluding carboxylic acids is 1. The lowest BCUT2D eigenvalue weighted by molar-refractivity contribution is -0.139. The van der Waals surface area contributed by atoms with Gasteiger partial charge in [-0.3, -0.25) is 4.79 Å². The van der Waals surface area contributed by atoms with Crippen molar-refractivity contribution in [2.75, 3.05) is 18.9 Å². The van der Waals surface area contributed by atoms with Gasteiger partial charge < -0.3 is 10.1 Å². The highest BCUT2D eigenvalue weighted by molar-refractivity contribution is 8.00. The van der Waals surface area contributed by atoms with Gasteiger partial charge in [0.2, 0.25) is 0 Å². The van der Waals surface area contributed by atoms with Crippen LogP contribution in [0.15, 0.2) is 0 Å². The van der Waals surface area contributed by atoms with Crippen LogP contribution in [-0.4, -0.2) is 36.2 Å². The van der Waals surface area contributed by atoms with E-state index in [1.165, 1.54) is 19.3 Å². The Balaban J connectivity index is 2.10. The Morgan fingerprint density at radius 3 is 2.93 bits per heavy atom. The van der Waals surface area contributed by atoms with E-state index >= 15 is 0 Å². The number of carbonyl (C=O) groups is 1. The molecule has 15 heavy (non-hydrogen) atoms. The van der Waals surface area contributed by atoms with Crippen LogP contribution < -0.4 is 5.32 Å². The SMILES string of the molecule is CCNC1CCC(SCC(=O)OCC)C1. The largest absolute Gasteiger partial charge is 0.465 e. The summed E-state index contributed by atoms with van der Waals surface area (Å²) in [6, 6.07) is 0.662. The van der Waals surface area contributed by atoms with Gasteiger partial charge in [-0.1, -0.05) is 6.92 Å². The quantitative estimate of drug-likeness (QED) is 0.708. The molecular weight excluding hydrogens is 210 g/mol. The Bertz CT molecular complexity index is 199. The van der Waals surface area contributed by atoms with Crippen molar-refractivity contribution < 1.29 is 9.53 Å². The molecule has 0 aromatic rings. The molecule has 2 atom stereocenters. The summed E-state index contributed by atoms with van der Waals surface area (Å²) in [5, 5.41) is 4.10. The molecule has 3 nitrogen and oxygen atoms in total. The molecular formula is C11H21NO2S. The first-order valence-corrected chi connectivity index (χ1v) is 6.81. The van der Waals surface area contributed by atoms with Crippen molar-refractivity contribution in [3.05, 3.63) is 0 Å². The molecule has 0 saturated heterocycles. The topological polar surface area (TPSA) is 38.3 Å². The minimum Gasteiger partial charge on any atom is -0.465 e. The zero-order chi connectivity index (χ0) is 11.1. The second-order valence-corrected chi connectivity index (χ2v) is 5.09. The third-order valence-electron chi connectivity index (χ3n) is 2.62. The van der Waals surface area contributed by atoms with Crippen molar-refractivity contribution in [1.82, 2.24) is 5.32 Å².